The molecule has 7 heteroatoms. The Morgan fingerprint density at radius 3 is 2.86 bits per heavy atom. The van der Waals surface area contributed by atoms with E-state index in [9.17, 15) is 9.59 Å². The molecule has 2 amide bonds. The maximum Gasteiger partial charge on any atom is 0.245 e. The van der Waals surface area contributed by atoms with Crippen molar-refractivity contribution in [1.82, 2.24) is 20.1 Å². The van der Waals surface area contributed by atoms with E-state index in [2.05, 4.69) is 21.3 Å². The molecule has 3 heterocycles. The monoisotopic (exact) mass is 398 g/mol. The number of carbonyl (C=O) groups is 2. The summed E-state index contributed by atoms with van der Waals surface area (Å²) in [6.07, 6.45) is 3.74. The highest BCUT2D eigenvalue weighted by molar-refractivity contribution is 5.94. The first-order valence-electron chi connectivity index (χ1n) is 10.5. The minimum atomic E-state index is -0.770. The van der Waals surface area contributed by atoms with Gasteiger partial charge in [-0.25, -0.2) is 0 Å². The summed E-state index contributed by atoms with van der Waals surface area (Å²) >= 11 is 0. The van der Waals surface area contributed by atoms with Crippen LogP contribution in [0.1, 0.15) is 25.3 Å². The van der Waals surface area contributed by atoms with Crippen LogP contribution in [0.25, 0.3) is 10.9 Å². The van der Waals surface area contributed by atoms with Crippen molar-refractivity contribution in [2.75, 3.05) is 45.9 Å². The van der Waals surface area contributed by atoms with Crippen molar-refractivity contribution >= 4 is 22.7 Å². The lowest BCUT2D eigenvalue weighted by Gasteiger charge is -2.34. The highest BCUT2D eigenvalue weighted by atomic mass is 16.5. The quantitative estimate of drug-likeness (QED) is 0.742. The summed E-state index contributed by atoms with van der Waals surface area (Å²) in [6.45, 7) is 7.17. The van der Waals surface area contributed by atoms with Gasteiger partial charge in [0.25, 0.3) is 0 Å². The van der Waals surface area contributed by atoms with Crippen LogP contribution in [0.4, 0.5) is 0 Å². The summed E-state index contributed by atoms with van der Waals surface area (Å²) < 4.78 is 5.36. The van der Waals surface area contributed by atoms with E-state index in [1.54, 1.807) is 4.90 Å². The Kier molecular flexibility index (Phi) is 5.87. The van der Waals surface area contributed by atoms with Gasteiger partial charge in [0.05, 0.1) is 13.2 Å². The van der Waals surface area contributed by atoms with E-state index in [0.29, 0.717) is 25.9 Å². The molecule has 0 spiro atoms. The largest absolute Gasteiger partial charge is 0.379 e. The number of ether oxygens (including phenoxy) is 1. The number of fused-ring (bicyclic) bond motifs is 1. The average Bonchev–Trinajstić information content (AvgIpc) is 3.29. The molecule has 156 valence electrons. The molecular formula is C22H30N4O3. The van der Waals surface area contributed by atoms with Gasteiger partial charge >= 0.3 is 0 Å². The first-order chi connectivity index (χ1) is 14.1. The van der Waals surface area contributed by atoms with E-state index in [0.717, 1.165) is 44.8 Å². The van der Waals surface area contributed by atoms with Gasteiger partial charge in [0.1, 0.15) is 5.54 Å². The van der Waals surface area contributed by atoms with Gasteiger partial charge in [0.2, 0.25) is 11.8 Å². The van der Waals surface area contributed by atoms with Gasteiger partial charge in [0, 0.05) is 56.2 Å². The number of rotatable bonds is 7. The van der Waals surface area contributed by atoms with Crippen molar-refractivity contribution in [1.29, 1.82) is 0 Å². The maximum absolute atomic E-state index is 13.0. The van der Waals surface area contributed by atoms with Gasteiger partial charge in [-0.1, -0.05) is 18.2 Å². The van der Waals surface area contributed by atoms with E-state index in [1.165, 1.54) is 10.9 Å². The smallest absolute Gasteiger partial charge is 0.245 e. The van der Waals surface area contributed by atoms with Gasteiger partial charge in [-0.15, -0.1) is 0 Å². The standard InChI is InChI=1S/C22H30N4O3/c1-22(21(28)23-9-11-25-12-14-29-15-13-25)8-6-20(27)26(22)10-7-17-16-24-19-5-3-2-4-18(17)19/h2-5,16,24H,6-15H2,1H3,(H,23,28). The second kappa shape index (κ2) is 8.55. The molecule has 2 fully saturated rings. The molecule has 2 aromatic rings. The third-order valence-electron chi connectivity index (χ3n) is 6.31. The van der Waals surface area contributed by atoms with Crippen molar-refractivity contribution in [2.24, 2.45) is 0 Å². The van der Waals surface area contributed by atoms with Crippen molar-refractivity contribution < 1.29 is 14.3 Å². The van der Waals surface area contributed by atoms with Crippen LogP contribution in [0.5, 0.6) is 0 Å². The highest BCUT2D eigenvalue weighted by Crippen LogP contribution is 2.31. The van der Waals surface area contributed by atoms with Crippen molar-refractivity contribution in [3.63, 3.8) is 0 Å². The molecule has 0 saturated carbocycles. The fourth-order valence-corrected chi connectivity index (χ4v) is 4.42. The third kappa shape index (κ3) is 4.16. The van der Waals surface area contributed by atoms with E-state index >= 15 is 0 Å². The second-order valence-electron chi connectivity index (χ2n) is 8.14. The Labute approximate surface area is 171 Å². The number of aromatic nitrogens is 1. The van der Waals surface area contributed by atoms with Crippen molar-refractivity contribution in [3.05, 3.63) is 36.0 Å². The molecule has 2 N–H and O–H groups in total. The highest BCUT2D eigenvalue weighted by Gasteiger charge is 2.46. The molecule has 1 unspecified atom stereocenters. The molecule has 0 aliphatic carbocycles. The lowest BCUT2D eigenvalue weighted by molar-refractivity contribution is -0.140. The molecule has 2 aliphatic rings. The summed E-state index contributed by atoms with van der Waals surface area (Å²) in [5.41, 5.74) is 1.50. The fraction of sp³-hybridized carbons (Fsp3) is 0.545. The number of benzene rings is 1. The van der Waals surface area contributed by atoms with E-state index in [-0.39, 0.29) is 11.8 Å². The van der Waals surface area contributed by atoms with Gasteiger partial charge in [-0.2, -0.15) is 0 Å². The number of carbonyl (C=O) groups excluding carboxylic acids is 2. The number of morpholine rings is 1. The Morgan fingerprint density at radius 2 is 2.03 bits per heavy atom. The molecule has 2 aliphatic heterocycles. The summed E-state index contributed by atoms with van der Waals surface area (Å²) in [5, 5.41) is 4.24. The number of aromatic amines is 1. The second-order valence-corrected chi connectivity index (χ2v) is 8.14. The molecule has 1 aromatic carbocycles. The summed E-state index contributed by atoms with van der Waals surface area (Å²) in [6, 6.07) is 8.16. The molecule has 0 bridgehead atoms. The molecule has 1 aromatic heterocycles. The van der Waals surface area contributed by atoms with Gasteiger partial charge in [0.15, 0.2) is 0 Å². The predicted molar refractivity (Wildman–Crippen MR) is 112 cm³/mol. The average molecular weight is 399 g/mol. The molecule has 1 atom stereocenters. The number of hydrogen-bond acceptors (Lipinski definition) is 4. The van der Waals surface area contributed by atoms with Crippen molar-refractivity contribution in [2.45, 2.75) is 31.7 Å². The molecule has 7 nitrogen and oxygen atoms in total. The SMILES string of the molecule is CC1(C(=O)NCCN2CCOCC2)CCC(=O)N1CCc1c[nH]c2ccccc12. The van der Waals surface area contributed by atoms with Gasteiger partial charge < -0.3 is 19.9 Å². The van der Waals surface area contributed by atoms with Gasteiger partial charge in [-0.3, -0.25) is 14.5 Å². The van der Waals surface area contributed by atoms with Crippen LogP contribution in [0.3, 0.4) is 0 Å². The van der Waals surface area contributed by atoms with E-state index in [4.69, 9.17) is 4.74 Å². The van der Waals surface area contributed by atoms with Crippen LogP contribution in [0.2, 0.25) is 0 Å². The number of hydrogen-bond donors (Lipinski definition) is 2. The minimum Gasteiger partial charge on any atom is -0.379 e. The molecule has 2 saturated heterocycles. The lowest BCUT2D eigenvalue weighted by Crippen LogP contribution is -2.56. The lowest BCUT2D eigenvalue weighted by atomic mass is 9.97. The Hall–Kier alpha value is -2.38. The fourth-order valence-electron chi connectivity index (χ4n) is 4.42. The number of para-hydroxylation sites is 1. The Balaban J connectivity index is 1.36. The number of nitrogens with zero attached hydrogens (tertiary/aromatic N) is 2. The molecule has 0 radical (unpaired) electrons. The minimum absolute atomic E-state index is 0.0458. The Bertz CT molecular complexity index is 874. The maximum atomic E-state index is 13.0. The summed E-state index contributed by atoms with van der Waals surface area (Å²) in [7, 11) is 0. The summed E-state index contributed by atoms with van der Waals surface area (Å²) in [4.78, 5) is 32.9. The summed E-state index contributed by atoms with van der Waals surface area (Å²) in [5.74, 6) is 0.0196. The molecular weight excluding hydrogens is 368 g/mol. The number of amides is 2. The van der Waals surface area contributed by atoms with Crippen LogP contribution in [-0.4, -0.2) is 78.1 Å². The van der Waals surface area contributed by atoms with Gasteiger partial charge in [-0.05, 0) is 31.4 Å². The van der Waals surface area contributed by atoms with Crippen LogP contribution in [-0.2, 0) is 20.7 Å². The molecule has 29 heavy (non-hydrogen) atoms. The van der Waals surface area contributed by atoms with Crippen LogP contribution < -0.4 is 5.32 Å². The zero-order valence-corrected chi connectivity index (χ0v) is 17.1. The number of nitrogens with one attached hydrogen (secondary N) is 2. The number of H-pyrrole nitrogens is 1. The topological polar surface area (TPSA) is 77.7 Å². The number of likely N-dealkylation sites (tertiary alicyclic amines) is 1. The van der Waals surface area contributed by atoms with Crippen molar-refractivity contribution in [3.8, 4) is 0 Å². The Morgan fingerprint density at radius 1 is 1.24 bits per heavy atom. The van der Waals surface area contributed by atoms with E-state index in [1.807, 2.05) is 31.3 Å². The third-order valence-corrected chi connectivity index (χ3v) is 6.31. The zero-order chi connectivity index (χ0) is 20.3. The van der Waals surface area contributed by atoms with Crippen LogP contribution >= 0.6 is 0 Å². The normalized spacial score (nSPS) is 23.1. The zero-order valence-electron chi connectivity index (χ0n) is 17.1. The van der Waals surface area contributed by atoms with E-state index < -0.39 is 5.54 Å². The molecule has 4 rings (SSSR count). The first kappa shape index (κ1) is 19.9. The van der Waals surface area contributed by atoms with Crippen LogP contribution in [0.15, 0.2) is 30.5 Å². The van der Waals surface area contributed by atoms with Crippen LogP contribution in [0, 0.1) is 0 Å². The predicted octanol–water partition coefficient (Wildman–Crippen LogP) is 1.54. The first-order valence-corrected chi connectivity index (χ1v) is 10.5.